The molecule has 0 radical (unpaired) electrons. The van der Waals surface area contributed by atoms with Gasteiger partial charge in [-0.15, -0.1) is 17.2 Å². The van der Waals surface area contributed by atoms with Gasteiger partial charge in [-0.25, -0.2) is 13.4 Å². The van der Waals surface area contributed by atoms with Crippen LogP contribution < -0.4 is 15.9 Å². The number of nitrogens with one attached hydrogen (secondary N) is 2. The smallest absolute Gasteiger partial charge is 0.265 e. The fourth-order valence-corrected chi connectivity index (χ4v) is 5.32. The number of aromatic nitrogens is 1. The molecule has 4 N–H and O–H groups in total. The number of carbonyl (C=O) groups is 2. The molecule has 0 saturated heterocycles. The summed E-state index contributed by atoms with van der Waals surface area (Å²) in [6, 6.07) is 15.6. The molecule has 0 aliphatic carbocycles. The Hall–Kier alpha value is -3.47. The van der Waals surface area contributed by atoms with Crippen molar-refractivity contribution in [1.82, 2.24) is 20.1 Å². The van der Waals surface area contributed by atoms with Crippen molar-refractivity contribution in [3.05, 3.63) is 77.0 Å². The number of nitrogens with two attached hydrogens (primary N) is 1. The number of hydrazine groups is 1. The van der Waals surface area contributed by atoms with Crippen LogP contribution in [-0.2, 0) is 26.2 Å². The van der Waals surface area contributed by atoms with E-state index >= 15 is 0 Å². The van der Waals surface area contributed by atoms with E-state index in [1.54, 1.807) is 44.2 Å². The number of carbonyl (C=O) groups excluding carboxylic acids is 2. The van der Waals surface area contributed by atoms with Crippen LogP contribution in [0.15, 0.2) is 70.6 Å². The van der Waals surface area contributed by atoms with Crippen LogP contribution in [0.2, 0.25) is 0 Å². The Morgan fingerprint density at radius 3 is 2.56 bits per heavy atom. The van der Waals surface area contributed by atoms with E-state index in [4.69, 9.17) is 5.73 Å². The minimum absolute atomic E-state index is 0. The van der Waals surface area contributed by atoms with Crippen molar-refractivity contribution in [2.75, 3.05) is 12.3 Å². The molecule has 0 spiro atoms. The topological polar surface area (TPSA) is 134 Å². The van der Waals surface area contributed by atoms with Crippen molar-refractivity contribution in [3.63, 3.8) is 0 Å². The first-order chi connectivity index (χ1) is 16.7. The van der Waals surface area contributed by atoms with Gasteiger partial charge in [-0.1, -0.05) is 48.0 Å². The van der Waals surface area contributed by atoms with Crippen molar-refractivity contribution < 1.29 is 18.0 Å². The van der Waals surface area contributed by atoms with E-state index in [1.165, 1.54) is 6.07 Å². The number of halogens is 1. The molecule has 0 atom stereocenters. The molecular weight excluding hydrogens is 502 g/mol. The van der Waals surface area contributed by atoms with Gasteiger partial charge in [0.05, 0.1) is 11.3 Å². The van der Waals surface area contributed by atoms with Crippen LogP contribution in [0, 0.1) is 6.92 Å². The highest BCUT2D eigenvalue weighted by atomic mass is 35.5. The van der Waals surface area contributed by atoms with E-state index in [-0.39, 0.29) is 48.3 Å². The number of nitrogen functional groups attached to an aromatic ring is 1. The predicted molar refractivity (Wildman–Crippen MR) is 140 cm³/mol. The van der Waals surface area contributed by atoms with Gasteiger partial charge in [0.2, 0.25) is 5.91 Å². The van der Waals surface area contributed by atoms with Crippen molar-refractivity contribution in [1.29, 1.82) is 0 Å². The molecule has 190 valence electrons. The molecule has 4 rings (SSSR count). The van der Waals surface area contributed by atoms with Crippen LogP contribution in [0.3, 0.4) is 0 Å². The quantitative estimate of drug-likeness (QED) is 0.430. The lowest BCUT2D eigenvalue weighted by molar-refractivity contribution is -0.131. The Kier molecular flexibility index (Phi) is 8.34. The summed E-state index contributed by atoms with van der Waals surface area (Å²) in [5, 5.41) is 5.20. The molecule has 0 bridgehead atoms. The normalized spacial score (nSPS) is 14.1. The number of fused-ring (bicyclic) bond motifs is 1. The molecule has 0 fully saturated rings. The Labute approximate surface area is 216 Å². The first-order valence-electron chi connectivity index (χ1n) is 11.1. The van der Waals surface area contributed by atoms with Crippen molar-refractivity contribution in [2.24, 2.45) is 0 Å². The molecule has 2 heterocycles. The van der Waals surface area contributed by atoms with Crippen molar-refractivity contribution >= 4 is 50.8 Å². The number of hydrogen-bond acceptors (Lipinski definition) is 6. The molecule has 1 aromatic heterocycles. The maximum Gasteiger partial charge on any atom is 0.265 e. The Balaban J connectivity index is 0.00000361. The Morgan fingerprint density at radius 1 is 1.08 bits per heavy atom. The van der Waals surface area contributed by atoms with Crippen LogP contribution in [-0.4, -0.2) is 36.8 Å². The summed E-state index contributed by atoms with van der Waals surface area (Å²) < 4.78 is 26.3. The Bertz CT molecular complexity index is 1450. The first kappa shape index (κ1) is 27.1. The van der Waals surface area contributed by atoms with Gasteiger partial charge in [-0.05, 0) is 43.4 Å². The maximum atomic E-state index is 13.2. The van der Waals surface area contributed by atoms with Crippen LogP contribution in [0.25, 0.3) is 10.8 Å². The molecule has 36 heavy (non-hydrogen) atoms. The Morgan fingerprint density at radius 2 is 1.81 bits per heavy atom. The number of nitrogens with zero attached hydrogens (tertiary/aromatic N) is 2. The zero-order chi connectivity index (χ0) is 25.2. The fourth-order valence-electron chi connectivity index (χ4n) is 4.03. The fraction of sp³-hybridized carbons (Fsp3) is 0.240. The van der Waals surface area contributed by atoms with Gasteiger partial charge >= 0.3 is 0 Å². The highest BCUT2D eigenvalue weighted by Crippen LogP contribution is 2.25. The standard InChI is InChI=1S/C25H27N5O4S.ClH/c1-16-12-13-30(29-35(33,34)22-9-5-7-18-6-3-4-8-20(18)22)25(32)21(16)14-24(31)27-15-19-10-11-23(26)28-17(19)2;/h3-11,29H,12-15H2,1-2H3,(H2,26,28)(H,27,31);1H. The molecule has 1 aliphatic heterocycles. The molecule has 0 unspecified atom stereocenters. The van der Waals surface area contributed by atoms with Gasteiger partial charge in [0.25, 0.3) is 15.9 Å². The third-order valence-corrected chi connectivity index (χ3v) is 7.42. The molecule has 0 saturated carbocycles. The highest BCUT2D eigenvalue weighted by molar-refractivity contribution is 7.89. The number of pyridine rings is 1. The van der Waals surface area contributed by atoms with E-state index in [0.717, 1.165) is 21.5 Å². The minimum Gasteiger partial charge on any atom is -0.384 e. The average Bonchev–Trinajstić information content (AvgIpc) is 2.82. The third-order valence-electron chi connectivity index (χ3n) is 6.03. The summed E-state index contributed by atoms with van der Waals surface area (Å²) in [5.41, 5.74) is 8.23. The van der Waals surface area contributed by atoms with E-state index < -0.39 is 15.9 Å². The molecule has 3 aromatic rings. The van der Waals surface area contributed by atoms with Gasteiger partial charge < -0.3 is 11.1 Å². The summed E-state index contributed by atoms with van der Waals surface area (Å²) in [6.07, 6.45) is 0.298. The maximum absolute atomic E-state index is 13.2. The number of sulfonamides is 1. The van der Waals surface area contributed by atoms with E-state index in [0.29, 0.717) is 23.3 Å². The lowest BCUT2D eigenvalue weighted by Crippen LogP contribution is -2.49. The van der Waals surface area contributed by atoms with Crippen LogP contribution in [0.5, 0.6) is 0 Å². The van der Waals surface area contributed by atoms with Gasteiger partial charge in [-0.3, -0.25) is 14.6 Å². The number of anilines is 1. The summed E-state index contributed by atoms with van der Waals surface area (Å²) in [4.78, 5) is 32.4. The number of aryl methyl sites for hydroxylation is 1. The number of rotatable bonds is 7. The molecule has 2 aromatic carbocycles. The second kappa shape index (κ2) is 11.1. The highest BCUT2D eigenvalue weighted by Gasteiger charge is 2.30. The minimum atomic E-state index is -4.03. The third kappa shape index (κ3) is 5.84. The monoisotopic (exact) mass is 529 g/mol. The summed E-state index contributed by atoms with van der Waals surface area (Å²) in [7, 11) is -4.03. The SMILES string of the molecule is CC1=C(CC(=O)NCc2ccc(N)nc2C)C(=O)N(NS(=O)(=O)c2cccc3ccccc23)CC1.Cl. The zero-order valence-electron chi connectivity index (χ0n) is 19.9. The van der Waals surface area contributed by atoms with Gasteiger partial charge in [-0.2, -0.15) is 0 Å². The lowest BCUT2D eigenvalue weighted by Gasteiger charge is -2.29. The number of benzene rings is 2. The zero-order valence-corrected chi connectivity index (χ0v) is 21.6. The van der Waals surface area contributed by atoms with E-state index in [1.807, 2.05) is 18.2 Å². The van der Waals surface area contributed by atoms with Gasteiger partial charge in [0.1, 0.15) is 5.82 Å². The number of hydrogen-bond donors (Lipinski definition) is 3. The molecule has 9 nitrogen and oxygen atoms in total. The molecular formula is C25H28ClN5O4S. The molecule has 11 heteroatoms. The predicted octanol–water partition coefficient (Wildman–Crippen LogP) is 3.00. The van der Waals surface area contributed by atoms with Crippen LogP contribution >= 0.6 is 12.4 Å². The van der Waals surface area contributed by atoms with Crippen LogP contribution in [0.1, 0.15) is 31.0 Å². The van der Waals surface area contributed by atoms with E-state index in [9.17, 15) is 18.0 Å². The average molecular weight is 530 g/mol. The second-order valence-corrected chi connectivity index (χ2v) is 10.1. The number of amides is 2. The first-order valence-corrected chi connectivity index (χ1v) is 12.6. The van der Waals surface area contributed by atoms with E-state index in [2.05, 4.69) is 15.1 Å². The lowest BCUT2D eigenvalue weighted by atomic mass is 9.98. The summed E-state index contributed by atoms with van der Waals surface area (Å²) >= 11 is 0. The summed E-state index contributed by atoms with van der Waals surface area (Å²) in [5.74, 6) is -0.474. The van der Waals surface area contributed by atoms with Gasteiger partial charge in [0, 0.05) is 29.7 Å². The van der Waals surface area contributed by atoms with Crippen LogP contribution in [0.4, 0.5) is 5.82 Å². The van der Waals surface area contributed by atoms with Crippen molar-refractivity contribution in [3.8, 4) is 0 Å². The molecule has 1 aliphatic rings. The van der Waals surface area contributed by atoms with Crippen molar-refractivity contribution in [2.45, 2.75) is 38.1 Å². The van der Waals surface area contributed by atoms with Gasteiger partial charge in [0.15, 0.2) is 0 Å². The summed E-state index contributed by atoms with van der Waals surface area (Å²) in [6.45, 7) is 4.01. The molecule has 2 amide bonds. The second-order valence-electron chi connectivity index (χ2n) is 8.47. The largest absolute Gasteiger partial charge is 0.384 e.